The molecule has 0 bridgehead atoms. The van der Waals surface area contributed by atoms with E-state index in [0.717, 1.165) is 17.0 Å². The lowest BCUT2D eigenvalue weighted by atomic mass is 10.1. The summed E-state index contributed by atoms with van der Waals surface area (Å²) in [6, 6.07) is 17.6. The van der Waals surface area contributed by atoms with Gasteiger partial charge in [0.25, 0.3) is 0 Å². The number of benzene rings is 2. The van der Waals surface area contributed by atoms with Crippen LogP contribution in [0, 0.1) is 12.7 Å². The number of nitrogens with zero attached hydrogens (tertiary/aromatic N) is 4. The number of nitrogens with one attached hydrogen (secondary N) is 1. The molecule has 2 amide bonds. The summed E-state index contributed by atoms with van der Waals surface area (Å²) in [6.45, 7) is 4.43. The Bertz CT molecular complexity index is 1150. The van der Waals surface area contributed by atoms with E-state index in [2.05, 4.69) is 15.3 Å². The largest absolute Gasteiger partial charge is 0.339 e. The van der Waals surface area contributed by atoms with E-state index in [1.54, 1.807) is 12.1 Å². The van der Waals surface area contributed by atoms with Crippen LogP contribution in [0.3, 0.4) is 0 Å². The van der Waals surface area contributed by atoms with Crippen LogP contribution in [-0.2, 0) is 9.59 Å². The number of piperazine rings is 1. The fourth-order valence-corrected chi connectivity index (χ4v) is 4.51. The number of hydrogen-bond acceptors (Lipinski definition) is 6. The number of aryl methyl sites for hydroxylation is 1. The predicted molar refractivity (Wildman–Crippen MR) is 131 cm³/mol. The molecule has 2 aromatic carbocycles. The molecule has 4 rings (SSSR count). The minimum Gasteiger partial charge on any atom is -0.339 e. The van der Waals surface area contributed by atoms with Crippen LogP contribution >= 0.6 is 11.8 Å². The number of amides is 2. The van der Waals surface area contributed by atoms with Gasteiger partial charge in [-0.3, -0.25) is 14.5 Å². The van der Waals surface area contributed by atoms with Gasteiger partial charge in [0.15, 0.2) is 5.16 Å². The second-order valence-corrected chi connectivity index (χ2v) is 8.99. The molecule has 34 heavy (non-hydrogen) atoms. The molecule has 176 valence electrons. The first-order chi connectivity index (χ1) is 16.5. The number of thioether (sulfide) groups is 1. The molecule has 1 aliphatic rings. The number of halogens is 1. The van der Waals surface area contributed by atoms with Crippen LogP contribution in [0.15, 0.2) is 65.8 Å². The average molecular weight is 480 g/mol. The molecule has 0 radical (unpaired) electrons. The fourth-order valence-electron chi connectivity index (χ4n) is 3.71. The van der Waals surface area contributed by atoms with Crippen LogP contribution < -0.4 is 5.32 Å². The van der Waals surface area contributed by atoms with Gasteiger partial charge in [-0.25, -0.2) is 14.4 Å². The van der Waals surface area contributed by atoms with Crippen molar-refractivity contribution in [2.75, 3.05) is 43.8 Å². The SMILES string of the molecule is Cc1cc(-c2ccccc2)nc(SCC(=O)N2CCN(CC(=O)Nc3cccc(F)c3)CC2)n1. The molecule has 1 N–H and O–H groups in total. The Morgan fingerprint density at radius 1 is 1.00 bits per heavy atom. The molecule has 9 heteroatoms. The molecule has 0 unspecified atom stereocenters. The molecule has 1 aliphatic heterocycles. The molecule has 2 heterocycles. The average Bonchev–Trinajstić information content (AvgIpc) is 2.83. The number of carbonyl (C=O) groups excluding carboxylic acids is 2. The highest BCUT2D eigenvalue weighted by molar-refractivity contribution is 7.99. The van der Waals surface area contributed by atoms with E-state index in [1.807, 2.05) is 53.1 Å². The molecule has 3 aromatic rings. The van der Waals surface area contributed by atoms with Gasteiger partial charge in [0.05, 0.1) is 18.0 Å². The Hall–Kier alpha value is -3.30. The van der Waals surface area contributed by atoms with Crippen LogP contribution in [0.4, 0.5) is 10.1 Å². The Morgan fingerprint density at radius 2 is 1.76 bits per heavy atom. The van der Waals surface area contributed by atoms with Crippen molar-refractivity contribution >= 4 is 29.3 Å². The Labute approximate surface area is 202 Å². The smallest absolute Gasteiger partial charge is 0.238 e. The highest BCUT2D eigenvalue weighted by Crippen LogP contribution is 2.22. The van der Waals surface area contributed by atoms with E-state index in [-0.39, 0.29) is 24.1 Å². The topological polar surface area (TPSA) is 78.4 Å². The third kappa shape index (κ3) is 6.61. The van der Waals surface area contributed by atoms with E-state index in [4.69, 9.17) is 0 Å². The molecule has 0 atom stereocenters. The lowest BCUT2D eigenvalue weighted by Crippen LogP contribution is -2.50. The van der Waals surface area contributed by atoms with E-state index in [0.29, 0.717) is 37.0 Å². The molecule has 0 spiro atoms. The summed E-state index contributed by atoms with van der Waals surface area (Å²) >= 11 is 1.34. The number of anilines is 1. The minimum absolute atomic E-state index is 0.0280. The molecular formula is C25H26FN5O2S. The molecule has 7 nitrogen and oxygen atoms in total. The third-order valence-corrected chi connectivity index (χ3v) is 6.26. The van der Waals surface area contributed by atoms with Crippen LogP contribution in [0.1, 0.15) is 5.69 Å². The molecule has 0 aliphatic carbocycles. The second-order valence-electron chi connectivity index (χ2n) is 8.05. The number of aromatic nitrogens is 2. The summed E-state index contributed by atoms with van der Waals surface area (Å²) in [4.78, 5) is 37.9. The van der Waals surface area contributed by atoms with E-state index >= 15 is 0 Å². The lowest BCUT2D eigenvalue weighted by Gasteiger charge is -2.34. The molecular weight excluding hydrogens is 453 g/mol. The first-order valence-corrected chi connectivity index (χ1v) is 12.0. The monoisotopic (exact) mass is 479 g/mol. The number of carbonyl (C=O) groups is 2. The van der Waals surface area contributed by atoms with Crippen molar-refractivity contribution in [1.82, 2.24) is 19.8 Å². The lowest BCUT2D eigenvalue weighted by molar-refractivity contribution is -0.130. The van der Waals surface area contributed by atoms with Crippen molar-refractivity contribution in [2.45, 2.75) is 12.1 Å². The second kappa shape index (κ2) is 11.2. The van der Waals surface area contributed by atoms with E-state index < -0.39 is 5.82 Å². The first kappa shape index (κ1) is 23.8. The summed E-state index contributed by atoms with van der Waals surface area (Å²) in [5, 5.41) is 3.29. The van der Waals surface area contributed by atoms with Gasteiger partial charge in [-0.2, -0.15) is 0 Å². The van der Waals surface area contributed by atoms with Crippen molar-refractivity contribution in [3.8, 4) is 11.3 Å². The van der Waals surface area contributed by atoms with Gasteiger partial charge >= 0.3 is 0 Å². The fraction of sp³-hybridized carbons (Fsp3) is 0.280. The van der Waals surface area contributed by atoms with Crippen molar-refractivity contribution < 1.29 is 14.0 Å². The maximum atomic E-state index is 13.3. The zero-order chi connectivity index (χ0) is 23.9. The predicted octanol–water partition coefficient (Wildman–Crippen LogP) is 3.47. The normalized spacial score (nSPS) is 14.1. The van der Waals surface area contributed by atoms with E-state index in [1.165, 1.54) is 23.9 Å². The van der Waals surface area contributed by atoms with Crippen LogP contribution in [0.25, 0.3) is 11.3 Å². The molecule has 1 fully saturated rings. The number of rotatable bonds is 7. The summed E-state index contributed by atoms with van der Waals surface area (Å²) in [6.07, 6.45) is 0. The van der Waals surface area contributed by atoms with Gasteiger partial charge in [-0.05, 0) is 31.2 Å². The van der Waals surface area contributed by atoms with Gasteiger partial charge in [0.1, 0.15) is 5.82 Å². The Kier molecular flexibility index (Phi) is 7.87. The molecule has 1 aromatic heterocycles. The van der Waals surface area contributed by atoms with Crippen molar-refractivity contribution in [1.29, 1.82) is 0 Å². The number of hydrogen-bond donors (Lipinski definition) is 1. The maximum absolute atomic E-state index is 13.3. The van der Waals surface area contributed by atoms with Gasteiger partial charge in [0, 0.05) is 43.1 Å². The summed E-state index contributed by atoms with van der Waals surface area (Å²) < 4.78 is 13.3. The molecule has 1 saturated heterocycles. The van der Waals surface area contributed by atoms with Crippen LogP contribution in [0.2, 0.25) is 0 Å². The highest BCUT2D eigenvalue weighted by Gasteiger charge is 2.23. The minimum atomic E-state index is -0.393. The van der Waals surface area contributed by atoms with Crippen molar-refractivity contribution in [3.05, 3.63) is 72.2 Å². The van der Waals surface area contributed by atoms with Crippen molar-refractivity contribution in [2.24, 2.45) is 0 Å². The maximum Gasteiger partial charge on any atom is 0.238 e. The third-order valence-electron chi connectivity index (χ3n) is 5.43. The Morgan fingerprint density at radius 3 is 2.50 bits per heavy atom. The van der Waals surface area contributed by atoms with Crippen LogP contribution in [0.5, 0.6) is 0 Å². The standard InChI is InChI=1S/C25H26FN5O2S/c1-18-14-22(19-6-3-2-4-7-19)29-25(27-18)34-17-24(33)31-12-10-30(11-13-31)16-23(32)28-21-9-5-8-20(26)15-21/h2-9,14-15H,10-13,16-17H2,1H3,(H,28,32). The van der Waals surface area contributed by atoms with Crippen LogP contribution in [-0.4, -0.2) is 70.1 Å². The summed E-state index contributed by atoms with van der Waals surface area (Å²) in [5.41, 5.74) is 3.14. The van der Waals surface area contributed by atoms with Gasteiger partial charge in [-0.1, -0.05) is 48.2 Å². The first-order valence-electron chi connectivity index (χ1n) is 11.1. The quantitative estimate of drug-likeness (QED) is 0.413. The van der Waals surface area contributed by atoms with Crippen molar-refractivity contribution in [3.63, 3.8) is 0 Å². The zero-order valence-corrected chi connectivity index (χ0v) is 19.7. The zero-order valence-electron chi connectivity index (χ0n) is 18.9. The summed E-state index contributed by atoms with van der Waals surface area (Å²) in [7, 11) is 0. The Balaban J connectivity index is 1.24. The molecule has 0 saturated carbocycles. The van der Waals surface area contributed by atoms with Gasteiger partial charge < -0.3 is 10.2 Å². The van der Waals surface area contributed by atoms with Gasteiger partial charge in [0.2, 0.25) is 11.8 Å². The van der Waals surface area contributed by atoms with E-state index in [9.17, 15) is 14.0 Å². The highest BCUT2D eigenvalue weighted by atomic mass is 32.2. The van der Waals surface area contributed by atoms with Gasteiger partial charge in [-0.15, -0.1) is 0 Å². The summed E-state index contributed by atoms with van der Waals surface area (Å²) in [5.74, 6) is -0.306.